The van der Waals surface area contributed by atoms with Crippen molar-refractivity contribution < 1.29 is 18.7 Å². The summed E-state index contributed by atoms with van der Waals surface area (Å²) in [4.78, 5) is 17.0. The van der Waals surface area contributed by atoms with E-state index in [2.05, 4.69) is 41.3 Å². The summed E-state index contributed by atoms with van der Waals surface area (Å²) in [5.41, 5.74) is 5.08. The van der Waals surface area contributed by atoms with Gasteiger partial charge in [-0.3, -0.25) is 9.69 Å². The molecule has 0 N–H and O–H groups in total. The van der Waals surface area contributed by atoms with Crippen LogP contribution in [0.2, 0.25) is 0 Å². The number of carbonyl (C=O) groups is 1. The molecule has 0 saturated carbocycles. The molecule has 2 aliphatic rings. The molecule has 1 amide bonds. The molecule has 0 fully saturated rings. The number of amides is 1. The van der Waals surface area contributed by atoms with E-state index in [9.17, 15) is 9.18 Å². The van der Waals surface area contributed by atoms with Gasteiger partial charge in [0.2, 0.25) is 0 Å². The van der Waals surface area contributed by atoms with E-state index in [0.717, 1.165) is 37.4 Å². The lowest BCUT2D eigenvalue weighted by Gasteiger charge is -2.29. The Bertz CT molecular complexity index is 1130. The Kier molecular flexibility index (Phi) is 6.26. The molecule has 0 unspecified atom stereocenters. The molecule has 3 aromatic rings. The summed E-state index contributed by atoms with van der Waals surface area (Å²) < 4.78 is 24.5. The molecule has 0 bridgehead atoms. The van der Waals surface area contributed by atoms with Gasteiger partial charge in [-0.15, -0.1) is 0 Å². The Morgan fingerprint density at radius 2 is 1.76 bits per heavy atom. The Hall–Kier alpha value is -3.38. The Balaban J connectivity index is 1.23. The van der Waals surface area contributed by atoms with Gasteiger partial charge in [-0.25, -0.2) is 4.39 Å². The topological polar surface area (TPSA) is 42.0 Å². The highest BCUT2D eigenvalue weighted by molar-refractivity contribution is 5.78. The molecule has 5 nitrogen and oxygen atoms in total. The van der Waals surface area contributed by atoms with E-state index in [1.807, 2.05) is 6.07 Å². The minimum atomic E-state index is -0.334. The molecular formula is C27H27FN2O3. The van der Waals surface area contributed by atoms with Gasteiger partial charge in [0.05, 0.1) is 6.54 Å². The fraction of sp³-hybridized carbons (Fsp3) is 0.296. The summed E-state index contributed by atoms with van der Waals surface area (Å²) in [5, 5.41) is 0. The quantitative estimate of drug-likeness (QED) is 0.590. The molecular weight excluding hydrogens is 419 g/mol. The van der Waals surface area contributed by atoms with E-state index in [4.69, 9.17) is 9.47 Å². The summed E-state index contributed by atoms with van der Waals surface area (Å²) in [6, 6.07) is 20.6. The van der Waals surface area contributed by atoms with Crippen LogP contribution in [0.15, 0.2) is 66.7 Å². The third-order valence-electron chi connectivity index (χ3n) is 6.25. The van der Waals surface area contributed by atoms with E-state index < -0.39 is 0 Å². The summed E-state index contributed by atoms with van der Waals surface area (Å²) in [5.74, 6) is 0.854. The third kappa shape index (κ3) is 5.17. The molecule has 3 aromatic carbocycles. The second-order valence-corrected chi connectivity index (χ2v) is 8.58. The first-order chi connectivity index (χ1) is 16.1. The summed E-state index contributed by atoms with van der Waals surface area (Å²) in [6.07, 6.45) is 1.07. The van der Waals surface area contributed by atoms with Gasteiger partial charge in [-0.2, -0.15) is 0 Å². The smallest absolute Gasteiger partial charge is 0.260 e. The fourth-order valence-electron chi connectivity index (χ4n) is 4.47. The molecule has 0 spiro atoms. The lowest BCUT2D eigenvalue weighted by atomic mass is 9.99. The Labute approximate surface area is 193 Å². The zero-order chi connectivity index (χ0) is 22.6. The van der Waals surface area contributed by atoms with Crippen molar-refractivity contribution in [2.24, 2.45) is 0 Å². The molecule has 170 valence electrons. The van der Waals surface area contributed by atoms with Crippen LogP contribution in [-0.4, -0.2) is 42.0 Å². The molecule has 5 rings (SSSR count). The highest BCUT2D eigenvalue weighted by Gasteiger charge is 2.22. The summed E-state index contributed by atoms with van der Waals surface area (Å²) in [6.45, 7) is 4.19. The van der Waals surface area contributed by atoms with Crippen LogP contribution in [-0.2, 0) is 30.8 Å². The largest absolute Gasteiger partial charge is 0.491 e. The van der Waals surface area contributed by atoms with Crippen molar-refractivity contribution in [2.45, 2.75) is 26.1 Å². The average Bonchev–Trinajstić information content (AvgIpc) is 3.06. The second-order valence-electron chi connectivity index (χ2n) is 8.58. The van der Waals surface area contributed by atoms with Gasteiger partial charge in [0.15, 0.2) is 6.61 Å². The van der Waals surface area contributed by atoms with Crippen LogP contribution >= 0.6 is 0 Å². The maximum Gasteiger partial charge on any atom is 0.260 e. The van der Waals surface area contributed by atoms with Crippen molar-refractivity contribution in [3.8, 4) is 11.5 Å². The van der Waals surface area contributed by atoms with Crippen LogP contribution in [0.5, 0.6) is 11.5 Å². The second kappa shape index (κ2) is 9.63. The number of nitrogens with zero attached hydrogens (tertiary/aromatic N) is 2. The van der Waals surface area contributed by atoms with Gasteiger partial charge < -0.3 is 14.4 Å². The number of halogens is 1. The molecule has 6 heteroatoms. The maximum atomic E-state index is 13.1. The average molecular weight is 447 g/mol. The zero-order valence-electron chi connectivity index (χ0n) is 18.5. The van der Waals surface area contributed by atoms with Crippen molar-refractivity contribution in [2.75, 3.05) is 26.3 Å². The Morgan fingerprint density at radius 3 is 2.61 bits per heavy atom. The van der Waals surface area contributed by atoms with Gasteiger partial charge in [0.25, 0.3) is 5.91 Å². The van der Waals surface area contributed by atoms with Crippen molar-refractivity contribution in [1.82, 2.24) is 9.80 Å². The first-order valence-corrected chi connectivity index (χ1v) is 11.3. The number of hydrogen-bond acceptors (Lipinski definition) is 4. The standard InChI is InChI=1S/C27H27FN2O3/c28-24-6-8-25(9-7-24)33-19-27(31)30-13-14-32-26-10-5-20(15-23(26)18-30)16-29-12-11-21-3-1-2-4-22(21)17-29/h1-10,15H,11-14,16-19H2. The lowest BCUT2D eigenvalue weighted by Crippen LogP contribution is -2.36. The van der Waals surface area contributed by atoms with Crippen LogP contribution < -0.4 is 9.47 Å². The van der Waals surface area contributed by atoms with Crippen LogP contribution in [0.4, 0.5) is 4.39 Å². The summed E-state index contributed by atoms with van der Waals surface area (Å²) >= 11 is 0. The van der Waals surface area contributed by atoms with E-state index in [1.54, 1.807) is 4.90 Å². The monoisotopic (exact) mass is 446 g/mol. The van der Waals surface area contributed by atoms with Crippen molar-refractivity contribution in [3.05, 3.63) is 94.8 Å². The molecule has 33 heavy (non-hydrogen) atoms. The van der Waals surface area contributed by atoms with Gasteiger partial charge in [0, 0.05) is 31.7 Å². The minimum absolute atomic E-state index is 0.0894. The van der Waals surface area contributed by atoms with Crippen molar-refractivity contribution in [1.29, 1.82) is 0 Å². The maximum absolute atomic E-state index is 13.1. The molecule has 0 aliphatic carbocycles. The number of hydrogen-bond donors (Lipinski definition) is 0. The lowest BCUT2D eigenvalue weighted by molar-refractivity contribution is -0.134. The van der Waals surface area contributed by atoms with Gasteiger partial charge in [-0.1, -0.05) is 30.3 Å². The predicted molar refractivity (Wildman–Crippen MR) is 124 cm³/mol. The first-order valence-electron chi connectivity index (χ1n) is 11.3. The summed E-state index contributed by atoms with van der Waals surface area (Å²) in [7, 11) is 0. The molecule has 0 saturated heterocycles. The van der Waals surface area contributed by atoms with E-state index in [-0.39, 0.29) is 18.3 Å². The zero-order valence-corrected chi connectivity index (χ0v) is 18.5. The van der Waals surface area contributed by atoms with Crippen LogP contribution in [0.1, 0.15) is 22.3 Å². The molecule has 0 radical (unpaired) electrons. The van der Waals surface area contributed by atoms with Crippen molar-refractivity contribution >= 4 is 5.91 Å². The van der Waals surface area contributed by atoms with Crippen LogP contribution in [0.3, 0.4) is 0 Å². The van der Waals surface area contributed by atoms with Crippen LogP contribution in [0.25, 0.3) is 0 Å². The highest BCUT2D eigenvalue weighted by atomic mass is 19.1. The van der Waals surface area contributed by atoms with Crippen molar-refractivity contribution in [3.63, 3.8) is 0 Å². The number of ether oxygens (including phenoxy) is 2. The van der Waals surface area contributed by atoms with Gasteiger partial charge in [0.1, 0.15) is 23.9 Å². The highest BCUT2D eigenvalue weighted by Crippen LogP contribution is 2.27. The molecule has 0 aromatic heterocycles. The molecule has 2 heterocycles. The minimum Gasteiger partial charge on any atom is -0.491 e. The Morgan fingerprint density at radius 1 is 0.939 bits per heavy atom. The van der Waals surface area contributed by atoms with Gasteiger partial charge >= 0.3 is 0 Å². The first kappa shape index (κ1) is 21.5. The van der Waals surface area contributed by atoms with E-state index >= 15 is 0 Å². The predicted octanol–water partition coefficient (Wildman–Crippen LogP) is 4.18. The molecule has 2 aliphatic heterocycles. The number of fused-ring (bicyclic) bond motifs is 2. The fourth-order valence-corrected chi connectivity index (χ4v) is 4.47. The SMILES string of the molecule is O=C(COc1ccc(F)cc1)N1CCOc2ccc(CN3CCc4ccccc4C3)cc2C1. The number of rotatable bonds is 5. The van der Waals surface area contributed by atoms with E-state index in [1.165, 1.54) is 41.0 Å². The number of carbonyl (C=O) groups excluding carboxylic acids is 1. The van der Waals surface area contributed by atoms with Gasteiger partial charge in [-0.05, 0) is 59.5 Å². The van der Waals surface area contributed by atoms with E-state index in [0.29, 0.717) is 25.4 Å². The third-order valence-corrected chi connectivity index (χ3v) is 6.25. The number of benzene rings is 3. The van der Waals surface area contributed by atoms with Crippen LogP contribution in [0, 0.1) is 5.82 Å². The molecule has 0 atom stereocenters. The normalized spacial score (nSPS) is 15.7.